The SMILES string of the molecule is CCCCCCCCC/C=C\CCCCCCCCCC(=O)OCCCCCCCC/C=C\CCCCCC(=O)NC(CO)C(O)CCCCCCCCCCCCCCCCCCCCCC. The van der Waals surface area contributed by atoms with Crippen molar-refractivity contribution in [3.63, 3.8) is 0 Å². The van der Waals surface area contributed by atoms with Crippen molar-refractivity contribution in [2.45, 2.75) is 347 Å². The average Bonchev–Trinajstić information content (AvgIpc) is 3.34. The number of hydrogen-bond donors (Lipinski definition) is 3. The van der Waals surface area contributed by atoms with E-state index in [0.717, 1.165) is 70.6 Å². The van der Waals surface area contributed by atoms with Gasteiger partial charge >= 0.3 is 5.97 Å². The van der Waals surface area contributed by atoms with Crippen LogP contribution in [0.4, 0.5) is 0 Å². The molecular weight excluding hydrogens is 839 g/mol. The molecule has 0 aromatic carbocycles. The number of ether oxygens (including phenoxy) is 1. The fourth-order valence-corrected chi connectivity index (χ4v) is 9.51. The van der Waals surface area contributed by atoms with Crippen LogP contribution in [-0.2, 0) is 14.3 Å². The molecule has 3 N–H and O–H groups in total. The minimum Gasteiger partial charge on any atom is -0.466 e. The van der Waals surface area contributed by atoms with Gasteiger partial charge < -0.3 is 20.3 Å². The second-order valence-electron chi connectivity index (χ2n) is 21.0. The molecule has 0 fully saturated rings. The van der Waals surface area contributed by atoms with Gasteiger partial charge in [-0.1, -0.05) is 269 Å². The van der Waals surface area contributed by atoms with Gasteiger partial charge in [-0.15, -0.1) is 0 Å². The van der Waals surface area contributed by atoms with Crippen LogP contribution in [0.1, 0.15) is 335 Å². The van der Waals surface area contributed by atoms with Gasteiger partial charge in [0.2, 0.25) is 5.91 Å². The van der Waals surface area contributed by atoms with Crippen LogP contribution in [0.3, 0.4) is 0 Å². The Morgan fingerprint density at radius 2 is 0.691 bits per heavy atom. The Kier molecular flexibility index (Phi) is 56.5. The third-order valence-corrected chi connectivity index (χ3v) is 14.2. The van der Waals surface area contributed by atoms with Gasteiger partial charge in [-0.05, 0) is 77.0 Å². The minimum atomic E-state index is -0.682. The molecule has 0 aliphatic carbocycles. The van der Waals surface area contributed by atoms with Crippen LogP contribution < -0.4 is 5.32 Å². The van der Waals surface area contributed by atoms with Gasteiger partial charge in [-0.2, -0.15) is 0 Å². The second kappa shape index (κ2) is 57.9. The number of hydrogen-bond acceptors (Lipinski definition) is 5. The molecule has 2 atom stereocenters. The molecular formula is C62H119NO5. The minimum absolute atomic E-state index is 0.0147. The number of carbonyl (C=O) groups excluding carboxylic acids is 2. The van der Waals surface area contributed by atoms with E-state index in [4.69, 9.17) is 4.74 Å². The normalized spacial score (nSPS) is 12.7. The summed E-state index contributed by atoms with van der Waals surface area (Å²) in [5.74, 6) is -0.0768. The molecule has 0 rings (SSSR count). The first-order valence-electron chi connectivity index (χ1n) is 30.6. The number of allylic oxidation sites excluding steroid dienone is 4. The van der Waals surface area contributed by atoms with Gasteiger partial charge in [0.05, 0.1) is 25.4 Å². The van der Waals surface area contributed by atoms with Crippen molar-refractivity contribution < 1.29 is 24.5 Å². The Morgan fingerprint density at radius 3 is 1.06 bits per heavy atom. The summed E-state index contributed by atoms with van der Waals surface area (Å²) in [5, 5.41) is 23.3. The van der Waals surface area contributed by atoms with E-state index in [0.29, 0.717) is 25.9 Å². The summed E-state index contributed by atoms with van der Waals surface area (Å²) in [4.78, 5) is 24.6. The Hall–Kier alpha value is -1.66. The Labute approximate surface area is 424 Å². The number of aliphatic hydroxyl groups excluding tert-OH is 2. The second-order valence-corrected chi connectivity index (χ2v) is 21.0. The molecule has 0 saturated carbocycles. The first-order valence-corrected chi connectivity index (χ1v) is 30.6. The van der Waals surface area contributed by atoms with Crippen molar-refractivity contribution in [3.8, 4) is 0 Å². The highest BCUT2D eigenvalue weighted by Crippen LogP contribution is 2.17. The first-order chi connectivity index (χ1) is 33.5. The van der Waals surface area contributed by atoms with Crippen molar-refractivity contribution in [1.82, 2.24) is 5.32 Å². The van der Waals surface area contributed by atoms with Gasteiger partial charge in [0, 0.05) is 12.8 Å². The van der Waals surface area contributed by atoms with Crippen LogP contribution in [0.25, 0.3) is 0 Å². The van der Waals surface area contributed by atoms with Crippen molar-refractivity contribution in [3.05, 3.63) is 24.3 Å². The molecule has 0 aromatic rings. The molecule has 68 heavy (non-hydrogen) atoms. The van der Waals surface area contributed by atoms with E-state index in [9.17, 15) is 19.8 Å². The molecule has 0 aromatic heterocycles. The number of amides is 1. The van der Waals surface area contributed by atoms with E-state index in [1.807, 2.05) is 0 Å². The smallest absolute Gasteiger partial charge is 0.305 e. The molecule has 0 radical (unpaired) electrons. The summed E-state index contributed by atoms with van der Waals surface area (Å²) in [7, 11) is 0. The zero-order chi connectivity index (χ0) is 49.3. The summed E-state index contributed by atoms with van der Waals surface area (Å²) in [6.07, 6.45) is 70.3. The number of rotatable bonds is 57. The Balaban J connectivity index is 3.48. The highest BCUT2D eigenvalue weighted by molar-refractivity contribution is 5.76. The first kappa shape index (κ1) is 66.3. The topological polar surface area (TPSA) is 95.9 Å². The fourth-order valence-electron chi connectivity index (χ4n) is 9.51. The van der Waals surface area contributed by atoms with Crippen molar-refractivity contribution >= 4 is 11.9 Å². The van der Waals surface area contributed by atoms with Gasteiger partial charge in [-0.3, -0.25) is 9.59 Å². The van der Waals surface area contributed by atoms with Crippen molar-refractivity contribution in [1.29, 1.82) is 0 Å². The van der Waals surface area contributed by atoms with Crippen molar-refractivity contribution in [2.24, 2.45) is 0 Å². The molecule has 6 heteroatoms. The van der Waals surface area contributed by atoms with E-state index in [1.165, 1.54) is 231 Å². The summed E-state index contributed by atoms with van der Waals surface area (Å²) in [6, 6.07) is -0.563. The molecule has 0 aliphatic heterocycles. The van der Waals surface area contributed by atoms with E-state index >= 15 is 0 Å². The highest BCUT2D eigenvalue weighted by Gasteiger charge is 2.20. The molecule has 0 bridgehead atoms. The zero-order valence-corrected chi connectivity index (χ0v) is 45.9. The van der Waals surface area contributed by atoms with Crippen LogP contribution in [-0.4, -0.2) is 47.4 Å². The van der Waals surface area contributed by atoms with E-state index in [-0.39, 0.29) is 18.5 Å². The third kappa shape index (κ3) is 53.7. The standard InChI is InChI=1S/C62H119NO5/c1-3-5-7-9-11-13-15-17-19-21-23-24-25-27-30-34-38-42-46-50-54-60(65)59(58-64)63-61(66)55-51-47-43-39-35-31-29-33-37-41-45-49-53-57-68-62(67)56-52-48-44-40-36-32-28-26-22-20-18-16-14-12-10-8-6-4-2/h20,22,31,35,59-60,64-65H,3-19,21,23-30,32-34,36-58H2,1-2H3,(H,63,66)/b22-20-,35-31-. The predicted molar refractivity (Wildman–Crippen MR) is 296 cm³/mol. The van der Waals surface area contributed by atoms with Gasteiger partial charge in [0.1, 0.15) is 0 Å². The average molecular weight is 959 g/mol. The molecule has 0 heterocycles. The van der Waals surface area contributed by atoms with E-state index in [2.05, 4.69) is 43.5 Å². The lowest BCUT2D eigenvalue weighted by Gasteiger charge is -2.22. The number of carbonyl (C=O) groups is 2. The summed E-state index contributed by atoms with van der Waals surface area (Å²) >= 11 is 0. The number of aliphatic hydroxyl groups is 2. The molecule has 6 nitrogen and oxygen atoms in total. The third-order valence-electron chi connectivity index (χ3n) is 14.2. The molecule has 0 spiro atoms. The summed E-state index contributed by atoms with van der Waals surface area (Å²) in [6.45, 7) is 4.93. The van der Waals surface area contributed by atoms with E-state index < -0.39 is 12.1 Å². The molecule has 402 valence electrons. The maximum atomic E-state index is 12.5. The molecule has 2 unspecified atom stereocenters. The largest absolute Gasteiger partial charge is 0.466 e. The maximum Gasteiger partial charge on any atom is 0.305 e. The summed E-state index contributed by atoms with van der Waals surface area (Å²) < 4.78 is 5.48. The number of unbranched alkanes of at least 4 members (excludes halogenated alkanes) is 42. The van der Waals surface area contributed by atoms with Crippen LogP contribution in [0, 0.1) is 0 Å². The number of esters is 1. The van der Waals surface area contributed by atoms with Gasteiger partial charge in [-0.25, -0.2) is 0 Å². The Morgan fingerprint density at radius 1 is 0.397 bits per heavy atom. The summed E-state index contributed by atoms with van der Waals surface area (Å²) in [5.41, 5.74) is 0. The highest BCUT2D eigenvalue weighted by atomic mass is 16.5. The van der Waals surface area contributed by atoms with E-state index in [1.54, 1.807) is 0 Å². The lowest BCUT2D eigenvalue weighted by molar-refractivity contribution is -0.143. The lowest BCUT2D eigenvalue weighted by atomic mass is 10.0. The predicted octanol–water partition coefficient (Wildman–Crippen LogP) is 19.0. The monoisotopic (exact) mass is 958 g/mol. The molecule has 0 aliphatic rings. The van der Waals surface area contributed by atoms with Crippen LogP contribution in [0.5, 0.6) is 0 Å². The van der Waals surface area contributed by atoms with Gasteiger partial charge in [0.25, 0.3) is 0 Å². The zero-order valence-electron chi connectivity index (χ0n) is 45.9. The fraction of sp³-hybridized carbons (Fsp3) is 0.903. The van der Waals surface area contributed by atoms with Crippen LogP contribution in [0.2, 0.25) is 0 Å². The van der Waals surface area contributed by atoms with Gasteiger partial charge in [0.15, 0.2) is 0 Å². The van der Waals surface area contributed by atoms with Crippen LogP contribution >= 0.6 is 0 Å². The Bertz CT molecular complexity index is 1060. The molecule has 0 saturated heterocycles. The van der Waals surface area contributed by atoms with Crippen LogP contribution in [0.15, 0.2) is 24.3 Å². The molecule has 1 amide bonds. The maximum absolute atomic E-state index is 12.5. The van der Waals surface area contributed by atoms with Crippen molar-refractivity contribution in [2.75, 3.05) is 13.2 Å². The number of nitrogens with one attached hydrogen (secondary N) is 1. The quantitative estimate of drug-likeness (QED) is 0.0321. The lowest BCUT2D eigenvalue weighted by Crippen LogP contribution is -2.45.